The molecular formula is C18H35KO. The third-order valence-corrected chi connectivity index (χ3v) is 4.66. The first-order valence-electron chi connectivity index (χ1n) is 8.71. The van der Waals surface area contributed by atoms with Crippen LogP contribution in [0, 0.1) is 0 Å². The third kappa shape index (κ3) is 21.4. The summed E-state index contributed by atoms with van der Waals surface area (Å²) in [5.74, 6) is 0. The fourth-order valence-corrected chi connectivity index (χ4v) is 3.02. The number of rotatable bonds is 14. The van der Waals surface area contributed by atoms with Crippen molar-refractivity contribution in [2.75, 3.05) is 0 Å². The molecule has 0 aromatic rings. The van der Waals surface area contributed by atoms with E-state index in [1.165, 1.54) is 70.6 Å². The van der Waals surface area contributed by atoms with E-state index in [2.05, 4.69) is 31.2 Å². The number of unbranched alkanes of at least 4 members (excludes halogenated alkanes) is 9. The third-order valence-electron chi connectivity index (χ3n) is 3.55. The van der Waals surface area contributed by atoms with E-state index in [0.29, 0.717) is 0 Å². The maximum atomic E-state index is 2.37. The second-order valence-corrected chi connectivity index (χ2v) is 7.15. The van der Waals surface area contributed by atoms with E-state index in [1.807, 2.05) is 0 Å². The molecule has 0 unspecified atom stereocenters. The summed E-state index contributed by atoms with van der Waals surface area (Å²) in [4.78, 5) is 0. The molecule has 0 aliphatic rings. The molecule has 2 heteroatoms. The monoisotopic (exact) mass is 306 g/mol. The van der Waals surface area contributed by atoms with Gasteiger partial charge in [-0.15, -0.1) is 0 Å². The van der Waals surface area contributed by atoms with Gasteiger partial charge in [0.05, 0.1) is 0 Å². The Balaban J connectivity index is 0. The number of hydrogen-bond donors (Lipinski definition) is 0. The molecule has 20 heavy (non-hydrogen) atoms. The van der Waals surface area contributed by atoms with Gasteiger partial charge in [0.2, 0.25) is 0 Å². The Labute approximate surface area is 161 Å². The first-order valence-corrected chi connectivity index (χ1v) is 10.9. The minimum absolute atomic E-state index is 0. The van der Waals surface area contributed by atoms with Crippen LogP contribution in [-0.4, -0.2) is 54.4 Å². The molecule has 0 amide bonds. The molecule has 1 nitrogen and oxygen atoms in total. The molecular weight excluding hydrogens is 271 g/mol. The zero-order valence-corrected chi connectivity index (χ0v) is 17.1. The Hall–Kier alpha value is 1.08. The summed E-state index contributed by atoms with van der Waals surface area (Å²) in [6.45, 7) is 2.26. The van der Waals surface area contributed by atoms with Gasteiger partial charge in [-0.3, -0.25) is 0 Å². The van der Waals surface area contributed by atoms with E-state index in [4.69, 9.17) is 0 Å². The minimum atomic E-state index is 0. The SMILES string of the molecule is CCCCC/C=C\C/C=C\CCCCCCC[CH2][K].O. The van der Waals surface area contributed by atoms with Gasteiger partial charge in [-0.05, 0) is 12.8 Å². The molecule has 2 N–H and O–H groups in total. The Bertz CT molecular complexity index is 211. The molecule has 0 aliphatic heterocycles. The van der Waals surface area contributed by atoms with Crippen molar-refractivity contribution in [3.05, 3.63) is 24.3 Å². The maximum Gasteiger partial charge on any atom is -0.412 e. The van der Waals surface area contributed by atoms with Gasteiger partial charge in [0, 0.05) is 0 Å². The standard InChI is InChI=1S/C18H33.K.H2O/c1-3-5-7-9-11-13-15-17-18-16-14-12-10-8-6-4-2;;/h12,14,17-18H,1,3-11,13,15-16H2,2H3;;1H2/b14-12-,18-17-;;. The molecule has 0 heterocycles. The fourth-order valence-electron chi connectivity index (χ4n) is 2.24. The average molecular weight is 307 g/mol. The van der Waals surface area contributed by atoms with E-state index in [0.717, 1.165) is 55.4 Å². The normalized spacial score (nSPS) is 11.3. The van der Waals surface area contributed by atoms with Crippen molar-refractivity contribution in [2.45, 2.75) is 84.5 Å². The van der Waals surface area contributed by atoms with Gasteiger partial charge in [-0.25, -0.2) is 0 Å². The second-order valence-electron chi connectivity index (χ2n) is 5.58. The number of allylic oxidation sites excluding steroid dienone is 4. The molecule has 0 fully saturated rings. The molecule has 0 aliphatic carbocycles. The van der Waals surface area contributed by atoms with E-state index < -0.39 is 0 Å². The van der Waals surface area contributed by atoms with Crippen molar-refractivity contribution in [3.63, 3.8) is 0 Å². The van der Waals surface area contributed by atoms with Crippen LogP contribution in [0.2, 0.25) is 0.515 Å². The number of hydrogen-bond acceptors (Lipinski definition) is 0. The van der Waals surface area contributed by atoms with E-state index in [1.54, 1.807) is 0.515 Å². The predicted octanol–water partition coefficient (Wildman–Crippen LogP) is 5.56. The van der Waals surface area contributed by atoms with E-state index in [9.17, 15) is 0 Å². The quantitative estimate of drug-likeness (QED) is 0.228. The summed E-state index contributed by atoms with van der Waals surface area (Å²) in [7, 11) is 0. The Morgan fingerprint density at radius 1 is 0.650 bits per heavy atom. The first-order chi connectivity index (χ1) is 9.41. The van der Waals surface area contributed by atoms with Crippen LogP contribution < -0.4 is 0 Å². The van der Waals surface area contributed by atoms with Gasteiger partial charge in [0.1, 0.15) is 0 Å². The first kappa shape index (κ1) is 23.3. The largest absolute Gasteiger partial charge is 0.412 e. The van der Waals surface area contributed by atoms with Gasteiger partial charge in [0.25, 0.3) is 0 Å². The van der Waals surface area contributed by atoms with Crippen LogP contribution >= 0.6 is 0 Å². The summed E-state index contributed by atoms with van der Waals surface area (Å²) in [5, 5.41) is 0. The van der Waals surface area contributed by atoms with Crippen molar-refractivity contribution < 1.29 is 5.48 Å². The van der Waals surface area contributed by atoms with Gasteiger partial charge in [-0.1, -0.05) is 25.8 Å². The summed E-state index contributed by atoms with van der Waals surface area (Å²) < 4.78 is 1.54. The van der Waals surface area contributed by atoms with E-state index >= 15 is 0 Å². The summed E-state index contributed by atoms with van der Waals surface area (Å²) >= 11 is 1.09. The van der Waals surface area contributed by atoms with Crippen molar-refractivity contribution in [1.29, 1.82) is 0 Å². The molecule has 0 atom stereocenters. The summed E-state index contributed by atoms with van der Waals surface area (Å²) in [6.07, 6.45) is 25.9. The van der Waals surface area contributed by atoms with Crippen molar-refractivity contribution >= 4 is 49.0 Å². The van der Waals surface area contributed by atoms with Gasteiger partial charge < -0.3 is 5.48 Å². The summed E-state index contributed by atoms with van der Waals surface area (Å²) in [5.41, 5.74) is 0. The fraction of sp³-hybridized carbons (Fsp3) is 0.778. The van der Waals surface area contributed by atoms with Crippen LogP contribution in [0.4, 0.5) is 0 Å². The molecule has 0 radical (unpaired) electrons. The van der Waals surface area contributed by atoms with Gasteiger partial charge in [0.15, 0.2) is 0 Å². The van der Waals surface area contributed by atoms with Crippen molar-refractivity contribution in [2.24, 2.45) is 0 Å². The Morgan fingerprint density at radius 3 is 1.70 bits per heavy atom. The topological polar surface area (TPSA) is 31.5 Å². The van der Waals surface area contributed by atoms with Crippen LogP contribution in [0.3, 0.4) is 0 Å². The smallest absolute Gasteiger partial charge is 0.412 e. The summed E-state index contributed by atoms with van der Waals surface area (Å²) in [6, 6.07) is 0. The molecule has 0 spiro atoms. The molecule has 0 saturated heterocycles. The average Bonchev–Trinajstić information content (AvgIpc) is 2.43. The Morgan fingerprint density at radius 2 is 1.15 bits per heavy atom. The molecule has 0 rings (SSSR count). The maximum absolute atomic E-state index is 2.37. The van der Waals surface area contributed by atoms with Crippen LogP contribution in [0.25, 0.3) is 0 Å². The Kier molecular flexibility index (Phi) is 26.1. The van der Waals surface area contributed by atoms with Gasteiger partial charge >= 0.3 is 119 Å². The van der Waals surface area contributed by atoms with Crippen LogP contribution in [0.1, 0.15) is 84.0 Å². The van der Waals surface area contributed by atoms with Crippen LogP contribution in [0.15, 0.2) is 24.3 Å². The molecule has 0 bridgehead atoms. The van der Waals surface area contributed by atoms with Gasteiger partial charge in [-0.2, -0.15) is 0 Å². The predicted molar refractivity (Wildman–Crippen MR) is 93.5 cm³/mol. The van der Waals surface area contributed by atoms with Crippen LogP contribution in [-0.2, 0) is 0 Å². The van der Waals surface area contributed by atoms with Crippen LogP contribution in [0.5, 0.6) is 0 Å². The van der Waals surface area contributed by atoms with Crippen molar-refractivity contribution in [1.82, 2.24) is 0 Å². The zero-order chi connectivity index (χ0) is 14.0. The van der Waals surface area contributed by atoms with E-state index in [-0.39, 0.29) is 5.48 Å². The second kappa shape index (κ2) is 22.4. The molecule has 114 valence electrons. The molecule has 0 saturated carbocycles. The molecule has 0 aromatic carbocycles. The van der Waals surface area contributed by atoms with Crippen molar-refractivity contribution in [3.8, 4) is 0 Å². The minimum Gasteiger partial charge on any atom is -0.412 e. The zero-order valence-electron chi connectivity index (χ0n) is 14.0. The molecule has 0 aromatic heterocycles.